The number of anilines is 2. The molecule has 9 heteroatoms. The fourth-order valence-corrected chi connectivity index (χ4v) is 3.21. The normalized spacial score (nSPS) is 22.2. The molecule has 0 aromatic carbocycles. The van der Waals surface area contributed by atoms with E-state index >= 15 is 0 Å². The van der Waals surface area contributed by atoms with E-state index in [4.69, 9.17) is 15.2 Å². The van der Waals surface area contributed by atoms with E-state index in [0.717, 1.165) is 6.42 Å². The van der Waals surface area contributed by atoms with Crippen LogP contribution in [0.1, 0.15) is 39.8 Å². The van der Waals surface area contributed by atoms with Crippen LogP contribution in [0.4, 0.5) is 11.8 Å². The Balaban J connectivity index is 1.89. The first-order chi connectivity index (χ1) is 11.9. The van der Waals surface area contributed by atoms with Crippen LogP contribution >= 0.6 is 0 Å². The molecule has 0 saturated carbocycles. The highest BCUT2D eigenvalue weighted by Gasteiger charge is 2.44. The highest BCUT2D eigenvalue weighted by molar-refractivity contribution is 5.84. The Morgan fingerprint density at radius 1 is 1.52 bits per heavy atom. The quantitative estimate of drug-likeness (QED) is 0.784. The van der Waals surface area contributed by atoms with Crippen molar-refractivity contribution in [1.29, 1.82) is 0 Å². The van der Waals surface area contributed by atoms with Crippen LogP contribution in [-0.2, 0) is 14.3 Å². The Morgan fingerprint density at radius 2 is 2.28 bits per heavy atom. The van der Waals surface area contributed by atoms with Gasteiger partial charge in [-0.3, -0.25) is 9.36 Å². The van der Waals surface area contributed by atoms with E-state index in [1.54, 1.807) is 20.3 Å². The predicted octanol–water partition coefficient (Wildman–Crippen LogP) is 1.72. The summed E-state index contributed by atoms with van der Waals surface area (Å²) in [7, 11) is 1.76. The number of rotatable bonds is 5. The standard InChI is InChI=1S/C16H24N6O3/c1-5-10(23)24-7-9-6-16(2,3)14(25-9)22-8-19-11-12(18-4)20-15(17)21-13(11)22/h8-9,14H,5-7H2,1-4H3,(H3,17,18,20,21)/t9-,14+/m0/s1. The molecule has 1 saturated heterocycles. The second-order valence-electron chi connectivity index (χ2n) is 6.84. The Kier molecular flexibility index (Phi) is 4.51. The SMILES string of the molecule is CCC(=O)OC[C@@H]1CC(C)(C)[C@H](n2cnc3c(NC)nc(N)nc32)O1. The Bertz CT molecular complexity index is 788. The Labute approximate surface area is 145 Å². The largest absolute Gasteiger partial charge is 0.463 e. The molecule has 2 aromatic rings. The number of carbonyl (C=O) groups is 1. The van der Waals surface area contributed by atoms with Crippen molar-refractivity contribution >= 4 is 28.9 Å². The van der Waals surface area contributed by atoms with Crippen LogP contribution in [-0.4, -0.2) is 45.2 Å². The molecule has 1 fully saturated rings. The number of nitrogens with two attached hydrogens (primary N) is 1. The van der Waals surface area contributed by atoms with Crippen molar-refractivity contribution in [1.82, 2.24) is 19.5 Å². The predicted molar refractivity (Wildman–Crippen MR) is 92.8 cm³/mol. The van der Waals surface area contributed by atoms with E-state index in [0.29, 0.717) is 23.4 Å². The number of nitrogen functional groups attached to an aromatic ring is 1. The van der Waals surface area contributed by atoms with E-state index in [2.05, 4.69) is 34.1 Å². The molecule has 1 aliphatic rings. The fraction of sp³-hybridized carbons (Fsp3) is 0.625. The Morgan fingerprint density at radius 3 is 2.96 bits per heavy atom. The van der Waals surface area contributed by atoms with Crippen LogP contribution in [0.5, 0.6) is 0 Å². The molecule has 3 heterocycles. The van der Waals surface area contributed by atoms with Crippen LogP contribution in [0.25, 0.3) is 11.2 Å². The summed E-state index contributed by atoms with van der Waals surface area (Å²) in [4.78, 5) is 24.3. The van der Waals surface area contributed by atoms with Gasteiger partial charge in [-0.1, -0.05) is 20.8 Å². The van der Waals surface area contributed by atoms with E-state index in [9.17, 15) is 4.79 Å². The molecule has 0 aliphatic carbocycles. The van der Waals surface area contributed by atoms with Crippen molar-refractivity contribution in [2.24, 2.45) is 5.41 Å². The van der Waals surface area contributed by atoms with Gasteiger partial charge in [-0.15, -0.1) is 0 Å². The minimum absolute atomic E-state index is 0.169. The lowest BCUT2D eigenvalue weighted by atomic mass is 9.87. The molecule has 3 rings (SSSR count). The molecular weight excluding hydrogens is 324 g/mol. The lowest BCUT2D eigenvalue weighted by Crippen LogP contribution is -2.22. The van der Waals surface area contributed by atoms with Crippen LogP contribution < -0.4 is 11.1 Å². The van der Waals surface area contributed by atoms with Gasteiger partial charge in [0.2, 0.25) is 5.95 Å². The maximum absolute atomic E-state index is 11.4. The minimum Gasteiger partial charge on any atom is -0.463 e. The van der Waals surface area contributed by atoms with Gasteiger partial charge in [0.25, 0.3) is 0 Å². The van der Waals surface area contributed by atoms with Gasteiger partial charge in [-0.05, 0) is 6.42 Å². The average Bonchev–Trinajstić information content (AvgIpc) is 3.11. The third-order valence-electron chi connectivity index (χ3n) is 4.39. The van der Waals surface area contributed by atoms with Gasteiger partial charge in [-0.25, -0.2) is 4.98 Å². The molecule has 1 aliphatic heterocycles. The number of hydrogen-bond donors (Lipinski definition) is 2. The Hall–Kier alpha value is -2.42. The third kappa shape index (κ3) is 3.23. The zero-order valence-electron chi connectivity index (χ0n) is 14.9. The summed E-state index contributed by atoms with van der Waals surface area (Å²) in [5, 5.41) is 2.98. The summed E-state index contributed by atoms with van der Waals surface area (Å²) < 4.78 is 13.3. The number of fused-ring (bicyclic) bond motifs is 1. The number of nitrogens with one attached hydrogen (secondary N) is 1. The van der Waals surface area contributed by atoms with Crippen molar-refractivity contribution in [2.45, 2.75) is 45.9 Å². The second-order valence-corrected chi connectivity index (χ2v) is 6.84. The van der Waals surface area contributed by atoms with Gasteiger partial charge < -0.3 is 20.5 Å². The first kappa shape index (κ1) is 17.4. The zero-order valence-corrected chi connectivity index (χ0v) is 14.9. The maximum atomic E-state index is 11.4. The van der Waals surface area contributed by atoms with Crippen molar-refractivity contribution in [3.63, 3.8) is 0 Å². The van der Waals surface area contributed by atoms with Crippen molar-refractivity contribution < 1.29 is 14.3 Å². The number of carbonyl (C=O) groups excluding carboxylic acids is 1. The number of hydrogen-bond acceptors (Lipinski definition) is 8. The summed E-state index contributed by atoms with van der Waals surface area (Å²) in [5.74, 6) is 0.519. The zero-order chi connectivity index (χ0) is 18.2. The average molecular weight is 348 g/mol. The third-order valence-corrected chi connectivity index (χ3v) is 4.39. The number of ether oxygens (including phenoxy) is 2. The number of esters is 1. The molecular formula is C16H24N6O3. The lowest BCUT2D eigenvalue weighted by Gasteiger charge is -2.26. The highest BCUT2D eigenvalue weighted by atomic mass is 16.6. The minimum atomic E-state index is -0.290. The first-order valence-electron chi connectivity index (χ1n) is 8.34. The van der Waals surface area contributed by atoms with Crippen LogP contribution in [0, 0.1) is 5.41 Å². The number of nitrogens with zero attached hydrogens (tertiary/aromatic N) is 4. The van der Waals surface area contributed by atoms with Crippen molar-refractivity contribution in [2.75, 3.05) is 24.7 Å². The number of imidazole rings is 1. The van der Waals surface area contributed by atoms with Gasteiger partial charge in [0, 0.05) is 18.9 Å². The second kappa shape index (κ2) is 6.47. The summed E-state index contributed by atoms with van der Waals surface area (Å²) >= 11 is 0. The van der Waals surface area contributed by atoms with Crippen LogP contribution in [0.2, 0.25) is 0 Å². The lowest BCUT2D eigenvalue weighted by molar-refractivity contribution is -0.148. The van der Waals surface area contributed by atoms with Crippen molar-refractivity contribution in [3.05, 3.63) is 6.33 Å². The van der Waals surface area contributed by atoms with Crippen LogP contribution in [0.15, 0.2) is 6.33 Å². The van der Waals surface area contributed by atoms with E-state index < -0.39 is 0 Å². The van der Waals surface area contributed by atoms with Gasteiger partial charge in [0.05, 0.1) is 12.4 Å². The molecule has 136 valence electrons. The topological polar surface area (TPSA) is 117 Å². The fourth-order valence-electron chi connectivity index (χ4n) is 3.21. The molecule has 0 spiro atoms. The van der Waals surface area contributed by atoms with Crippen LogP contribution in [0.3, 0.4) is 0 Å². The van der Waals surface area contributed by atoms with E-state index in [1.807, 2.05) is 4.57 Å². The highest BCUT2D eigenvalue weighted by Crippen LogP contribution is 2.45. The molecule has 2 atom stereocenters. The van der Waals surface area contributed by atoms with Crippen molar-refractivity contribution in [3.8, 4) is 0 Å². The molecule has 0 bridgehead atoms. The molecule has 25 heavy (non-hydrogen) atoms. The molecule has 2 aromatic heterocycles. The summed E-state index contributed by atoms with van der Waals surface area (Å²) in [5.41, 5.74) is 6.88. The smallest absolute Gasteiger partial charge is 0.305 e. The molecule has 0 unspecified atom stereocenters. The molecule has 0 radical (unpaired) electrons. The van der Waals surface area contributed by atoms with Gasteiger partial charge in [0.1, 0.15) is 12.8 Å². The molecule has 9 nitrogen and oxygen atoms in total. The summed E-state index contributed by atoms with van der Waals surface area (Å²) in [6, 6.07) is 0. The monoisotopic (exact) mass is 348 g/mol. The van der Waals surface area contributed by atoms with E-state index in [1.165, 1.54) is 0 Å². The molecule has 0 amide bonds. The van der Waals surface area contributed by atoms with Gasteiger partial charge >= 0.3 is 5.97 Å². The first-order valence-corrected chi connectivity index (χ1v) is 8.34. The summed E-state index contributed by atoms with van der Waals surface area (Å²) in [6.07, 6.45) is 2.34. The maximum Gasteiger partial charge on any atom is 0.305 e. The van der Waals surface area contributed by atoms with E-state index in [-0.39, 0.29) is 36.3 Å². The molecule has 3 N–H and O–H groups in total. The number of aromatic nitrogens is 4. The summed E-state index contributed by atoms with van der Waals surface area (Å²) in [6.45, 7) is 6.23. The van der Waals surface area contributed by atoms with Gasteiger partial charge in [0.15, 0.2) is 17.0 Å². The van der Waals surface area contributed by atoms with Gasteiger partial charge in [-0.2, -0.15) is 9.97 Å².